The molecule has 0 aliphatic carbocycles. The summed E-state index contributed by atoms with van der Waals surface area (Å²) in [7, 11) is 0. The first kappa shape index (κ1) is 13.8. The van der Waals surface area contributed by atoms with Gasteiger partial charge in [0.25, 0.3) is 0 Å². The van der Waals surface area contributed by atoms with Gasteiger partial charge in [-0.2, -0.15) is 0 Å². The summed E-state index contributed by atoms with van der Waals surface area (Å²) in [5.74, 6) is 0.130. The SMILES string of the molecule is CCCNC(=O)CCNCc1ccn(CC)c1. The van der Waals surface area contributed by atoms with Crippen molar-refractivity contribution in [2.45, 2.75) is 39.8 Å². The molecule has 1 aromatic heterocycles. The summed E-state index contributed by atoms with van der Waals surface area (Å²) in [6.45, 7) is 7.50. The third-order valence-electron chi connectivity index (χ3n) is 2.61. The Balaban J connectivity index is 2.09. The number of carbonyl (C=O) groups excluding carboxylic acids is 1. The van der Waals surface area contributed by atoms with Gasteiger partial charge >= 0.3 is 0 Å². The van der Waals surface area contributed by atoms with Crippen LogP contribution in [-0.4, -0.2) is 23.6 Å². The number of rotatable bonds is 8. The maximum Gasteiger partial charge on any atom is 0.221 e. The first-order valence-corrected chi connectivity index (χ1v) is 6.38. The Kier molecular flexibility index (Phi) is 6.40. The zero-order chi connectivity index (χ0) is 12.5. The van der Waals surface area contributed by atoms with E-state index in [0.717, 1.165) is 32.6 Å². The normalized spacial score (nSPS) is 10.5. The first-order valence-electron chi connectivity index (χ1n) is 6.38. The molecule has 0 aliphatic heterocycles. The van der Waals surface area contributed by atoms with Gasteiger partial charge in [0.1, 0.15) is 0 Å². The minimum absolute atomic E-state index is 0.130. The van der Waals surface area contributed by atoms with Crippen LogP contribution >= 0.6 is 0 Å². The highest BCUT2D eigenvalue weighted by molar-refractivity contribution is 5.75. The van der Waals surface area contributed by atoms with Gasteiger partial charge in [0, 0.05) is 45.0 Å². The van der Waals surface area contributed by atoms with E-state index in [2.05, 4.69) is 47.5 Å². The van der Waals surface area contributed by atoms with E-state index in [1.807, 2.05) is 0 Å². The molecule has 1 aromatic rings. The van der Waals surface area contributed by atoms with Gasteiger partial charge in [-0.15, -0.1) is 0 Å². The van der Waals surface area contributed by atoms with Crippen molar-refractivity contribution in [1.29, 1.82) is 0 Å². The third-order valence-corrected chi connectivity index (χ3v) is 2.61. The van der Waals surface area contributed by atoms with Crippen molar-refractivity contribution in [3.05, 3.63) is 24.0 Å². The summed E-state index contributed by atoms with van der Waals surface area (Å²) < 4.78 is 2.14. The zero-order valence-corrected chi connectivity index (χ0v) is 10.8. The average Bonchev–Trinajstić information content (AvgIpc) is 2.80. The fraction of sp³-hybridized carbons (Fsp3) is 0.615. The fourth-order valence-electron chi connectivity index (χ4n) is 1.58. The quantitative estimate of drug-likeness (QED) is 0.673. The molecular formula is C13H23N3O. The highest BCUT2D eigenvalue weighted by Gasteiger charge is 1.99. The topological polar surface area (TPSA) is 46.1 Å². The van der Waals surface area contributed by atoms with Gasteiger partial charge in [0.05, 0.1) is 0 Å². The summed E-state index contributed by atoms with van der Waals surface area (Å²) in [5, 5.41) is 6.13. The molecule has 17 heavy (non-hydrogen) atoms. The number of hydrogen-bond acceptors (Lipinski definition) is 2. The molecule has 0 fully saturated rings. The Labute approximate surface area is 103 Å². The summed E-state index contributed by atoms with van der Waals surface area (Å²) in [6.07, 6.45) is 5.74. The summed E-state index contributed by atoms with van der Waals surface area (Å²) in [4.78, 5) is 11.3. The molecule has 0 atom stereocenters. The van der Waals surface area contributed by atoms with Crippen molar-refractivity contribution < 1.29 is 4.79 Å². The van der Waals surface area contributed by atoms with Crippen molar-refractivity contribution in [2.24, 2.45) is 0 Å². The van der Waals surface area contributed by atoms with Gasteiger partial charge in [0.2, 0.25) is 5.91 Å². The summed E-state index contributed by atoms with van der Waals surface area (Å²) in [6, 6.07) is 2.10. The second-order valence-corrected chi connectivity index (χ2v) is 4.13. The van der Waals surface area contributed by atoms with E-state index in [9.17, 15) is 4.79 Å². The van der Waals surface area contributed by atoms with Crippen molar-refractivity contribution in [2.75, 3.05) is 13.1 Å². The van der Waals surface area contributed by atoms with Crippen LogP contribution in [0.4, 0.5) is 0 Å². The van der Waals surface area contributed by atoms with Crippen molar-refractivity contribution in [3.63, 3.8) is 0 Å². The number of nitrogens with zero attached hydrogens (tertiary/aromatic N) is 1. The Morgan fingerprint density at radius 1 is 1.35 bits per heavy atom. The van der Waals surface area contributed by atoms with Crippen LogP contribution in [0.2, 0.25) is 0 Å². The lowest BCUT2D eigenvalue weighted by molar-refractivity contribution is -0.120. The largest absolute Gasteiger partial charge is 0.356 e. The molecule has 1 amide bonds. The smallest absolute Gasteiger partial charge is 0.221 e. The zero-order valence-electron chi connectivity index (χ0n) is 10.8. The van der Waals surface area contributed by atoms with E-state index in [-0.39, 0.29) is 5.91 Å². The fourth-order valence-corrected chi connectivity index (χ4v) is 1.58. The van der Waals surface area contributed by atoms with Crippen molar-refractivity contribution >= 4 is 5.91 Å². The molecule has 1 heterocycles. The highest BCUT2D eigenvalue weighted by atomic mass is 16.1. The molecular weight excluding hydrogens is 214 g/mol. The maximum atomic E-state index is 11.3. The Morgan fingerprint density at radius 3 is 2.82 bits per heavy atom. The highest BCUT2D eigenvalue weighted by Crippen LogP contribution is 2.00. The lowest BCUT2D eigenvalue weighted by Crippen LogP contribution is -2.27. The molecule has 1 rings (SSSR count). The molecule has 0 saturated carbocycles. The van der Waals surface area contributed by atoms with Crippen LogP contribution in [0.25, 0.3) is 0 Å². The lowest BCUT2D eigenvalue weighted by atomic mass is 10.3. The second kappa shape index (κ2) is 7.90. The second-order valence-electron chi connectivity index (χ2n) is 4.13. The Hall–Kier alpha value is -1.29. The molecule has 4 nitrogen and oxygen atoms in total. The van der Waals surface area contributed by atoms with E-state index in [1.165, 1.54) is 5.56 Å². The Morgan fingerprint density at radius 2 is 2.18 bits per heavy atom. The van der Waals surface area contributed by atoms with E-state index in [0.29, 0.717) is 6.42 Å². The molecule has 0 aromatic carbocycles. The molecule has 96 valence electrons. The standard InChI is InChI=1S/C13H23N3O/c1-3-7-15-13(17)5-8-14-10-12-6-9-16(4-2)11-12/h6,9,11,14H,3-5,7-8,10H2,1-2H3,(H,15,17). The minimum Gasteiger partial charge on any atom is -0.356 e. The number of aromatic nitrogens is 1. The van der Waals surface area contributed by atoms with E-state index < -0.39 is 0 Å². The molecule has 0 radical (unpaired) electrons. The minimum atomic E-state index is 0.130. The van der Waals surface area contributed by atoms with Crippen LogP contribution in [-0.2, 0) is 17.9 Å². The average molecular weight is 237 g/mol. The summed E-state index contributed by atoms with van der Waals surface area (Å²) in [5.41, 5.74) is 1.26. The molecule has 0 bridgehead atoms. The van der Waals surface area contributed by atoms with E-state index >= 15 is 0 Å². The van der Waals surface area contributed by atoms with Crippen LogP contribution in [0.15, 0.2) is 18.5 Å². The van der Waals surface area contributed by atoms with Crippen molar-refractivity contribution in [3.8, 4) is 0 Å². The number of aryl methyl sites for hydroxylation is 1. The number of amides is 1. The van der Waals surface area contributed by atoms with Gasteiger partial charge in [-0.1, -0.05) is 6.92 Å². The van der Waals surface area contributed by atoms with E-state index in [1.54, 1.807) is 0 Å². The predicted octanol–water partition coefficient (Wildman–Crippen LogP) is 1.51. The Bertz CT molecular complexity index is 333. The summed E-state index contributed by atoms with van der Waals surface area (Å²) >= 11 is 0. The van der Waals surface area contributed by atoms with Gasteiger partial charge in [-0.25, -0.2) is 0 Å². The van der Waals surface area contributed by atoms with Crippen LogP contribution < -0.4 is 10.6 Å². The molecule has 0 spiro atoms. The van der Waals surface area contributed by atoms with Crippen molar-refractivity contribution in [1.82, 2.24) is 15.2 Å². The van der Waals surface area contributed by atoms with Crippen LogP contribution in [0.3, 0.4) is 0 Å². The third kappa shape index (κ3) is 5.54. The monoisotopic (exact) mass is 237 g/mol. The number of nitrogens with one attached hydrogen (secondary N) is 2. The van der Waals surface area contributed by atoms with E-state index in [4.69, 9.17) is 0 Å². The van der Waals surface area contributed by atoms with Gasteiger partial charge in [0.15, 0.2) is 0 Å². The van der Waals surface area contributed by atoms with Crippen LogP contribution in [0.1, 0.15) is 32.3 Å². The van der Waals surface area contributed by atoms with Gasteiger partial charge in [-0.3, -0.25) is 4.79 Å². The molecule has 2 N–H and O–H groups in total. The maximum absolute atomic E-state index is 11.3. The lowest BCUT2D eigenvalue weighted by Gasteiger charge is -2.04. The predicted molar refractivity (Wildman–Crippen MR) is 69.7 cm³/mol. The molecule has 0 unspecified atom stereocenters. The van der Waals surface area contributed by atoms with Crippen LogP contribution in [0.5, 0.6) is 0 Å². The number of hydrogen-bond donors (Lipinski definition) is 2. The first-order chi connectivity index (χ1) is 8.26. The van der Waals surface area contributed by atoms with Gasteiger partial charge < -0.3 is 15.2 Å². The molecule has 0 aliphatic rings. The molecule has 0 saturated heterocycles. The van der Waals surface area contributed by atoms with Crippen LogP contribution in [0, 0.1) is 0 Å². The van der Waals surface area contributed by atoms with Gasteiger partial charge in [-0.05, 0) is 25.0 Å². The number of carbonyl (C=O) groups is 1. The molecule has 4 heteroatoms.